The lowest BCUT2D eigenvalue weighted by atomic mass is 10.1. The molecule has 2 atom stereocenters. The molecular formula is C16H19FN2O. The lowest BCUT2D eigenvalue weighted by Crippen LogP contribution is -2.23. The highest BCUT2D eigenvalue weighted by Crippen LogP contribution is 2.26. The summed E-state index contributed by atoms with van der Waals surface area (Å²) in [6, 6.07) is 11.1. The van der Waals surface area contributed by atoms with Gasteiger partial charge in [-0.25, -0.2) is 4.39 Å². The van der Waals surface area contributed by atoms with Crippen LogP contribution in [0.1, 0.15) is 37.2 Å². The standard InChI is InChI=1S/C16H19FN2O/c1-11(14-6-4-5-7-16(14)20-3)19-12(2)15-9-8-13(17)10-18-15/h4-12,19H,1-3H3. The van der Waals surface area contributed by atoms with Crippen molar-refractivity contribution in [3.8, 4) is 5.75 Å². The average molecular weight is 274 g/mol. The second kappa shape index (κ2) is 6.48. The van der Waals surface area contributed by atoms with Gasteiger partial charge in [0.1, 0.15) is 11.6 Å². The van der Waals surface area contributed by atoms with E-state index in [0.29, 0.717) is 0 Å². The van der Waals surface area contributed by atoms with E-state index in [9.17, 15) is 4.39 Å². The van der Waals surface area contributed by atoms with Crippen molar-refractivity contribution < 1.29 is 9.13 Å². The molecule has 0 amide bonds. The van der Waals surface area contributed by atoms with E-state index in [1.165, 1.54) is 12.3 Å². The number of methoxy groups -OCH3 is 1. The van der Waals surface area contributed by atoms with Crippen molar-refractivity contribution >= 4 is 0 Å². The molecule has 0 aliphatic heterocycles. The Morgan fingerprint density at radius 2 is 1.85 bits per heavy atom. The van der Waals surface area contributed by atoms with Crippen LogP contribution in [0.25, 0.3) is 0 Å². The number of halogens is 1. The van der Waals surface area contributed by atoms with Crippen LogP contribution in [0, 0.1) is 5.82 Å². The number of nitrogens with zero attached hydrogens (tertiary/aromatic N) is 1. The molecule has 106 valence electrons. The average Bonchev–Trinajstić information content (AvgIpc) is 2.47. The normalized spacial score (nSPS) is 13.8. The molecule has 2 unspecified atom stereocenters. The van der Waals surface area contributed by atoms with Crippen molar-refractivity contribution in [3.05, 3.63) is 59.7 Å². The number of pyridine rings is 1. The van der Waals surface area contributed by atoms with Gasteiger partial charge in [0.2, 0.25) is 0 Å². The molecule has 3 nitrogen and oxygen atoms in total. The fraction of sp³-hybridized carbons (Fsp3) is 0.312. The highest BCUT2D eigenvalue weighted by Gasteiger charge is 2.15. The number of benzene rings is 1. The molecule has 0 fully saturated rings. The predicted octanol–water partition coefficient (Wildman–Crippen LogP) is 3.64. The molecule has 0 radical (unpaired) electrons. The van der Waals surface area contributed by atoms with Gasteiger partial charge in [-0.2, -0.15) is 0 Å². The monoisotopic (exact) mass is 274 g/mol. The summed E-state index contributed by atoms with van der Waals surface area (Å²) in [7, 11) is 1.66. The summed E-state index contributed by atoms with van der Waals surface area (Å²) in [5.41, 5.74) is 1.90. The summed E-state index contributed by atoms with van der Waals surface area (Å²) in [4.78, 5) is 4.10. The molecule has 1 heterocycles. The highest BCUT2D eigenvalue weighted by molar-refractivity contribution is 5.35. The Morgan fingerprint density at radius 3 is 2.50 bits per heavy atom. The van der Waals surface area contributed by atoms with Crippen LogP contribution in [0.4, 0.5) is 4.39 Å². The minimum Gasteiger partial charge on any atom is -0.496 e. The van der Waals surface area contributed by atoms with Gasteiger partial charge in [0.05, 0.1) is 19.0 Å². The van der Waals surface area contributed by atoms with Crippen LogP contribution in [0.3, 0.4) is 0 Å². The van der Waals surface area contributed by atoms with E-state index in [4.69, 9.17) is 4.74 Å². The molecule has 1 aromatic carbocycles. The largest absolute Gasteiger partial charge is 0.496 e. The van der Waals surface area contributed by atoms with Crippen LogP contribution in [0.2, 0.25) is 0 Å². The fourth-order valence-corrected chi connectivity index (χ4v) is 2.22. The van der Waals surface area contributed by atoms with E-state index in [2.05, 4.69) is 17.2 Å². The molecular weight excluding hydrogens is 255 g/mol. The van der Waals surface area contributed by atoms with Crippen LogP contribution in [0.5, 0.6) is 5.75 Å². The first kappa shape index (κ1) is 14.5. The summed E-state index contributed by atoms with van der Waals surface area (Å²) in [6.45, 7) is 4.07. The van der Waals surface area contributed by atoms with E-state index in [-0.39, 0.29) is 17.9 Å². The summed E-state index contributed by atoms with van der Waals surface area (Å²) >= 11 is 0. The van der Waals surface area contributed by atoms with Gasteiger partial charge in [-0.05, 0) is 32.0 Å². The zero-order valence-corrected chi connectivity index (χ0v) is 11.9. The van der Waals surface area contributed by atoms with Gasteiger partial charge in [-0.15, -0.1) is 0 Å². The molecule has 0 aliphatic carbocycles. The lowest BCUT2D eigenvalue weighted by Gasteiger charge is -2.21. The molecule has 2 aromatic rings. The fourth-order valence-electron chi connectivity index (χ4n) is 2.22. The van der Waals surface area contributed by atoms with Crippen molar-refractivity contribution in [2.75, 3.05) is 7.11 Å². The van der Waals surface area contributed by atoms with E-state index >= 15 is 0 Å². The van der Waals surface area contributed by atoms with E-state index in [0.717, 1.165) is 17.0 Å². The van der Waals surface area contributed by atoms with E-state index in [1.54, 1.807) is 13.2 Å². The Labute approximate surface area is 118 Å². The maximum absolute atomic E-state index is 12.9. The Kier molecular flexibility index (Phi) is 4.69. The van der Waals surface area contributed by atoms with Gasteiger partial charge >= 0.3 is 0 Å². The van der Waals surface area contributed by atoms with Crippen LogP contribution in [-0.2, 0) is 0 Å². The summed E-state index contributed by atoms with van der Waals surface area (Å²) < 4.78 is 18.2. The van der Waals surface area contributed by atoms with Gasteiger partial charge in [-0.3, -0.25) is 4.98 Å². The summed E-state index contributed by atoms with van der Waals surface area (Å²) in [5.74, 6) is 0.533. The molecule has 0 aliphatic rings. The zero-order valence-electron chi connectivity index (χ0n) is 11.9. The number of hydrogen-bond acceptors (Lipinski definition) is 3. The zero-order chi connectivity index (χ0) is 14.5. The number of aromatic nitrogens is 1. The number of ether oxygens (including phenoxy) is 1. The van der Waals surface area contributed by atoms with Crippen LogP contribution >= 0.6 is 0 Å². The molecule has 4 heteroatoms. The Hall–Kier alpha value is -1.94. The Morgan fingerprint density at radius 1 is 1.10 bits per heavy atom. The molecule has 1 N–H and O–H groups in total. The third-order valence-corrected chi connectivity index (χ3v) is 3.30. The van der Waals surface area contributed by atoms with Crippen molar-refractivity contribution in [2.24, 2.45) is 0 Å². The minimum absolute atomic E-state index is 0.0236. The molecule has 0 spiro atoms. The minimum atomic E-state index is -0.321. The lowest BCUT2D eigenvalue weighted by molar-refractivity contribution is 0.396. The Bertz CT molecular complexity index is 557. The summed E-state index contributed by atoms with van der Waals surface area (Å²) in [6.07, 6.45) is 1.24. The number of nitrogens with one attached hydrogen (secondary N) is 1. The third kappa shape index (κ3) is 3.33. The Balaban J connectivity index is 2.10. The first-order valence-electron chi connectivity index (χ1n) is 6.62. The van der Waals surface area contributed by atoms with Crippen LogP contribution in [0.15, 0.2) is 42.6 Å². The quantitative estimate of drug-likeness (QED) is 0.903. The number of para-hydroxylation sites is 1. The first-order chi connectivity index (χ1) is 9.61. The molecule has 2 rings (SSSR count). The van der Waals surface area contributed by atoms with Gasteiger partial charge < -0.3 is 10.1 Å². The highest BCUT2D eigenvalue weighted by atomic mass is 19.1. The van der Waals surface area contributed by atoms with Crippen molar-refractivity contribution in [3.63, 3.8) is 0 Å². The second-order valence-corrected chi connectivity index (χ2v) is 4.75. The SMILES string of the molecule is COc1ccccc1C(C)NC(C)c1ccc(F)cn1. The molecule has 20 heavy (non-hydrogen) atoms. The predicted molar refractivity (Wildman–Crippen MR) is 77.2 cm³/mol. The maximum atomic E-state index is 12.9. The topological polar surface area (TPSA) is 34.1 Å². The van der Waals surface area contributed by atoms with Gasteiger partial charge in [-0.1, -0.05) is 18.2 Å². The van der Waals surface area contributed by atoms with Gasteiger partial charge in [0.15, 0.2) is 0 Å². The van der Waals surface area contributed by atoms with Crippen molar-refractivity contribution in [1.29, 1.82) is 0 Å². The van der Waals surface area contributed by atoms with Gasteiger partial charge in [0.25, 0.3) is 0 Å². The maximum Gasteiger partial charge on any atom is 0.141 e. The smallest absolute Gasteiger partial charge is 0.141 e. The summed E-state index contributed by atoms with van der Waals surface area (Å²) in [5, 5.41) is 3.44. The first-order valence-corrected chi connectivity index (χ1v) is 6.62. The third-order valence-electron chi connectivity index (χ3n) is 3.30. The molecule has 0 saturated carbocycles. The van der Waals surface area contributed by atoms with Crippen molar-refractivity contribution in [1.82, 2.24) is 10.3 Å². The molecule has 0 bridgehead atoms. The van der Waals surface area contributed by atoms with E-state index in [1.807, 2.05) is 31.2 Å². The number of rotatable bonds is 5. The number of hydrogen-bond donors (Lipinski definition) is 1. The van der Waals surface area contributed by atoms with Crippen LogP contribution < -0.4 is 10.1 Å². The molecule has 1 aromatic heterocycles. The van der Waals surface area contributed by atoms with Crippen LogP contribution in [-0.4, -0.2) is 12.1 Å². The van der Waals surface area contributed by atoms with Gasteiger partial charge in [0, 0.05) is 17.6 Å². The van der Waals surface area contributed by atoms with E-state index < -0.39 is 0 Å². The second-order valence-electron chi connectivity index (χ2n) is 4.75. The van der Waals surface area contributed by atoms with Crippen molar-refractivity contribution in [2.45, 2.75) is 25.9 Å². The molecule has 0 saturated heterocycles.